The number of piperazine rings is 1. The van der Waals surface area contributed by atoms with E-state index in [-0.39, 0.29) is 11.9 Å². The summed E-state index contributed by atoms with van der Waals surface area (Å²) in [6.45, 7) is 6.42. The molecule has 0 spiro atoms. The number of nitrogens with zero attached hydrogens (tertiary/aromatic N) is 4. The van der Waals surface area contributed by atoms with Crippen LogP contribution in [0.2, 0.25) is 0 Å². The number of benzene rings is 1. The molecular formula is C18H24N4O2S. The maximum atomic E-state index is 12.9. The first-order chi connectivity index (χ1) is 12.2. The van der Waals surface area contributed by atoms with Gasteiger partial charge in [0.15, 0.2) is 0 Å². The summed E-state index contributed by atoms with van der Waals surface area (Å²) in [7, 11) is 1.69. The van der Waals surface area contributed by atoms with Gasteiger partial charge in [0.2, 0.25) is 0 Å². The predicted molar refractivity (Wildman–Crippen MR) is 99.6 cm³/mol. The summed E-state index contributed by atoms with van der Waals surface area (Å²) in [5, 5.41) is 4.13. The number of aromatic nitrogens is 2. The van der Waals surface area contributed by atoms with Crippen LogP contribution in [0, 0.1) is 0 Å². The molecule has 0 aliphatic carbocycles. The second-order valence-corrected chi connectivity index (χ2v) is 7.02. The second-order valence-electron chi connectivity index (χ2n) is 6.26. The normalized spacial score (nSPS) is 17.6. The Labute approximate surface area is 152 Å². The standard InChI is InChI=1S/C18H24N4O2S/c1-4-7-14-17(25-20-19-14)18(23)22-11-10-21(12-13(22)2)15-8-5-6-9-16(15)24-3/h5-6,8-9,13H,4,7,10-12H2,1-3H3/t13-/m0/s1. The first kappa shape index (κ1) is 17.7. The van der Waals surface area contributed by atoms with Crippen molar-refractivity contribution >= 4 is 23.1 Å². The Morgan fingerprint density at radius 3 is 2.88 bits per heavy atom. The highest BCUT2D eigenvalue weighted by Gasteiger charge is 2.31. The Bertz CT molecular complexity index is 733. The van der Waals surface area contributed by atoms with Crippen LogP contribution in [0.3, 0.4) is 0 Å². The molecule has 0 N–H and O–H groups in total. The molecule has 1 aromatic carbocycles. The van der Waals surface area contributed by atoms with E-state index >= 15 is 0 Å². The van der Waals surface area contributed by atoms with E-state index in [9.17, 15) is 4.79 Å². The van der Waals surface area contributed by atoms with Crippen LogP contribution in [-0.2, 0) is 6.42 Å². The third kappa shape index (κ3) is 3.61. The zero-order chi connectivity index (χ0) is 17.8. The average Bonchev–Trinajstić information content (AvgIpc) is 3.09. The minimum absolute atomic E-state index is 0.0608. The zero-order valence-corrected chi connectivity index (χ0v) is 15.8. The highest BCUT2D eigenvalue weighted by molar-refractivity contribution is 7.08. The quantitative estimate of drug-likeness (QED) is 0.821. The van der Waals surface area contributed by atoms with Gasteiger partial charge in [-0.3, -0.25) is 4.79 Å². The maximum absolute atomic E-state index is 12.9. The van der Waals surface area contributed by atoms with E-state index in [1.807, 2.05) is 23.1 Å². The number of hydrogen-bond acceptors (Lipinski definition) is 6. The van der Waals surface area contributed by atoms with Gasteiger partial charge < -0.3 is 14.5 Å². The largest absolute Gasteiger partial charge is 0.495 e. The van der Waals surface area contributed by atoms with Crippen molar-refractivity contribution in [3.05, 3.63) is 34.8 Å². The molecule has 7 heteroatoms. The summed E-state index contributed by atoms with van der Waals surface area (Å²) in [5.41, 5.74) is 1.91. The van der Waals surface area contributed by atoms with Crippen molar-refractivity contribution in [3.63, 3.8) is 0 Å². The van der Waals surface area contributed by atoms with Gasteiger partial charge in [0.05, 0.1) is 18.5 Å². The van der Waals surface area contributed by atoms with Crippen molar-refractivity contribution in [3.8, 4) is 5.75 Å². The monoisotopic (exact) mass is 360 g/mol. The number of carbonyl (C=O) groups is 1. The lowest BCUT2D eigenvalue weighted by Crippen LogP contribution is -2.54. The minimum Gasteiger partial charge on any atom is -0.495 e. The van der Waals surface area contributed by atoms with Gasteiger partial charge in [-0.2, -0.15) is 0 Å². The van der Waals surface area contributed by atoms with Gasteiger partial charge in [-0.15, -0.1) is 5.10 Å². The molecule has 0 unspecified atom stereocenters. The molecule has 1 saturated heterocycles. The molecule has 1 atom stereocenters. The first-order valence-corrected chi connectivity index (χ1v) is 9.43. The first-order valence-electron chi connectivity index (χ1n) is 8.65. The highest BCUT2D eigenvalue weighted by Crippen LogP contribution is 2.30. The topological polar surface area (TPSA) is 58.6 Å². The van der Waals surface area contributed by atoms with Crippen LogP contribution in [0.4, 0.5) is 5.69 Å². The zero-order valence-electron chi connectivity index (χ0n) is 14.9. The number of aryl methyl sites for hydroxylation is 1. The Kier molecular flexibility index (Phi) is 5.53. The summed E-state index contributed by atoms with van der Waals surface area (Å²) >= 11 is 1.21. The Morgan fingerprint density at radius 1 is 1.36 bits per heavy atom. The Balaban J connectivity index is 1.73. The number of para-hydroxylation sites is 2. The summed E-state index contributed by atoms with van der Waals surface area (Å²) in [5.74, 6) is 0.928. The van der Waals surface area contributed by atoms with Gasteiger partial charge in [0.25, 0.3) is 5.91 Å². The van der Waals surface area contributed by atoms with Crippen LogP contribution in [0.15, 0.2) is 24.3 Å². The fourth-order valence-electron chi connectivity index (χ4n) is 3.27. The lowest BCUT2D eigenvalue weighted by molar-refractivity contribution is 0.0677. The lowest BCUT2D eigenvalue weighted by atomic mass is 10.1. The summed E-state index contributed by atoms with van der Waals surface area (Å²) in [6.07, 6.45) is 1.76. The van der Waals surface area contributed by atoms with Crippen LogP contribution >= 0.6 is 11.5 Å². The molecule has 2 aromatic rings. The summed E-state index contributed by atoms with van der Waals surface area (Å²) in [6, 6.07) is 8.13. The molecular weight excluding hydrogens is 336 g/mol. The predicted octanol–water partition coefficient (Wildman–Crippen LogP) is 2.85. The van der Waals surface area contributed by atoms with Gasteiger partial charge in [-0.05, 0) is 37.0 Å². The van der Waals surface area contributed by atoms with E-state index in [0.717, 1.165) is 43.1 Å². The third-order valence-electron chi connectivity index (χ3n) is 4.55. The lowest BCUT2D eigenvalue weighted by Gasteiger charge is -2.41. The van der Waals surface area contributed by atoms with Crippen molar-refractivity contribution < 1.29 is 9.53 Å². The molecule has 0 saturated carbocycles. The van der Waals surface area contributed by atoms with E-state index in [1.165, 1.54) is 11.5 Å². The van der Waals surface area contributed by atoms with Crippen LogP contribution < -0.4 is 9.64 Å². The van der Waals surface area contributed by atoms with E-state index in [4.69, 9.17) is 4.74 Å². The molecule has 1 amide bonds. The van der Waals surface area contributed by atoms with Crippen LogP contribution in [0.1, 0.15) is 35.6 Å². The third-order valence-corrected chi connectivity index (χ3v) is 5.31. The van der Waals surface area contributed by atoms with Crippen molar-refractivity contribution in [1.29, 1.82) is 0 Å². The van der Waals surface area contributed by atoms with Gasteiger partial charge in [0.1, 0.15) is 10.6 Å². The second kappa shape index (κ2) is 7.82. The van der Waals surface area contributed by atoms with Gasteiger partial charge in [-0.25, -0.2) is 0 Å². The fraction of sp³-hybridized carbons (Fsp3) is 0.500. The van der Waals surface area contributed by atoms with Crippen molar-refractivity contribution in [2.24, 2.45) is 0 Å². The van der Waals surface area contributed by atoms with Crippen molar-refractivity contribution in [2.75, 3.05) is 31.6 Å². The smallest absolute Gasteiger partial charge is 0.267 e. The maximum Gasteiger partial charge on any atom is 0.267 e. The number of methoxy groups -OCH3 is 1. The molecule has 3 rings (SSSR count). The molecule has 0 radical (unpaired) electrons. The fourth-order valence-corrected chi connectivity index (χ4v) is 3.94. The van der Waals surface area contributed by atoms with Crippen LogP contribution in [0.25, 0.3) is 0 Å². The van der Waals surface area contributed by atoms with Gasteiger partial charge in [-0.1, -0.05) is 30.0 Å². The van der Waals surface area contributed by atoms with Crippen LogP contribution in [-0.4, -0.2) is 53.2 Å². The van der Waals surface area contributed by atoms with Crippen molar-refractivity contribution in [1.82, 2.24) is 14.5 Å². The van der Waals surface area contributed by atoms with E-state index in [2.05, 4.69) is 34.4 Å². The number of carbonyl (C=O) groups excluding carboxylic acids is 1. The van der Waals surface area contributed by atoms with E-state index in [0.29, 0.717) is 11.4 Å². The molecule has 6 nitrogen and oxygen atoms in total. The molecule has 1 aliphatic rings. The average molecular weight is 360 g/mol. The summed E-state index contributed by atoms with van der Waals surface area (Å²) < 4.78 is 9.46. The van der Waals surface area contributed by atoms with Crippen LogP contribution in [0.5, 0.6) is 5.75 Å². The SMILES string of the molecule is CCCc1nnsc1C(=O)N1CCN(c2ccccc2OC)C[C@@H]1C. The number of ether oxygens (including phenoxy) is 1. The number of hydrogen-bond donors (Lipinski definition) is 0. The molecule has 1 fully saturated rings. The summed E-state index contributed by atoms with van der Waals surface area (Å²) in [4.78, 5) is 17.9. The highest BCUT2D eigenvalue weighted by atomic mass is 32.1. The Morgan fingerprint density at radius 2 is 2.16 bits per heavy atom. The molecule has 1 aliphatic heterocycles. The number of amides is 1. The van der Waals surface area contributed by atoms with E-state index in [1.54, 1.807) is 7.11 Å². The molecule has 134 valence electrons. The van der Waals surface area contributed by atoms with Crippen molar-refractivity contribution in [2.45, 2.75) is 32.7 Å². The Hall–Kier alpha value is -2.15. The van der Waals surface area contributed by atoms with Gasteiger partial charge >= 0.3 is 0 Å². The van der Waals surface area contributed by atoms with Gasteiger partial charge in [0, 0.05) is 25.7 Å². The number of anilines is 1. The molecule has 0 bridgehead atoms. The number of rotatable bonds is 5. The van der Waals surface area contributed by atoms with E-state index < -0.39 is 0 Å². The molecule has 25 heavy (non-hydrogen) atoms. The molecule has 2 heterocycles. The minimum atomic E-state index is 0.0608. The molecule has 1 aromatic heterocycles.